The maximum atomic E-state index is 5.20. The Balaban J connectivity index is 2.79. The molecule has 2 rings (SSSR count). The van der Waals surface area contributed by atoms with E-state index in [9.17, 15) is 0 Å². The highest BCUT2D eigenvalue weighted by molar-refractivity contribution is 5.75. The maximum absolute atomic E-state index is 5.20. The average Bonchev–Trinajstić information content (AvgIpc) is 2.17. The van der Waals surface area contributed by atoms with Gasteiger partial charge in [-0.25, -0.2) is 0 Å². The van der Waals surface area contributed by atoms with Crippen LogP contribution < -0.4 is 9.57 Å². The molecule has 1 heterocycles. The normalized spacial score (nSPS) is 10.3. The number of pyridine rings is 1. The monoisotopic (exact) mass is 174 g/mol. The minimum Gasteiger partial charge on any atom is -0.274 e. The molecule has 0 fully saturated rings. The highest BCUT2D eigenvalue weighted by Crippen LogP contribution is 2.10. The topological polar surface area (TPSA) is 13.1 Å². The van der Waals surface area contributed by atoms with Gasteiger partial charge in [-0.2, -0.15) is 0 Å². The first-order chi connectivity index (χ1) is 6.31. The van der Waals surface area contributed by atoms with Crippen LogP contribution in [-0.4, -0.2) is 7.11 Å². The maximum Gasteiger partial charge on any atom is 0.264 e. The van der Waals surface area contributed by atoms with Gasteiger partial charge in [0.15, 0.2) is 0 Å². The third kappa shape index (κ3) is 1.35. The van der Waals surface area contributed by atoms with E-state index in [2.05, 4.69) is 31.2 Å². The van der Waals surface area contributed by atoms with Crippen LogP contribution in [0.5, 0.6) is 0 Å². The van der Waals surface area contributed by atoms with Crippen molar-refractivity contribution in [3.8, 4) is 0 Å². The number of fused-ring (bicyclic) bond motifs is 1. The molecule has 0 aliphatic rings. The summed E-state index contributed by atoms with van der Waals surface area (Å²) in [5, 5.41) is 1.19. The highest BCUT2D eigenvalue weighted by atomic mass is 16.6. The van der Waals surface area contributed by atoms with Crippen LogP contribution in [0, 0.1) is 6.92 Å². The van der Waals surface area contributed by atoms with E-state index in [1.807, 2.05) is 12.3 Å². The largest absolute Gasteiger partial charge is 0.274 e. The number of aromatic nitrogens is 1. The molecular weight excluding hydrogens is 162 g/mol. The third-order valence-corrected chi connectivity index (χ3v) is 2.12. The zero-order chi connectivity index (χ0) is 9.26. The van der Waals surface area contributed by atoms with E-state index in [0.29, 0.717) is 0 Å². The smallest absolute Gasteiger partial charge is 0.264 e. The van der Waals surface area contributed by atoms with Crippen molar-refractivity contribution in [3.05, 3.63) is 42.1 Å². The van der Waals surface area contributed by atoms with Crippen molar-refractivity contribution in [1.29, 1.82) is 0 Å². The van der Waals surface area contributed by atoms with Gasteiger partial charge in [-0.3, -0.25) is 4.84 Å². The van der Waals surface area contributed by atoms with Crippen molar-refractivity contribution < 1.29 is 9.57 Å². The van der Waals surface area contributed by atoms with Gasteiger partial charge in [0, 0.05) is 16.9 Å². The molecule has 0 N–H and O–H groups in total. The molecule has 0 saturated carbocycles. The molecule has 0 saturated heterocycles. The molecule has 0 unspecified atom stereocenters. The first-order valence-corrected chi connectivity index (χ1v) is 4.27. The van der Waals surface area contributed by atoms with E-state index < -0.39 is 0 Å². The lowest BCUT2D eigenvalue weighted by Gasteiger charge is -1.97. The SMILES string of the molecule is CO[n+]1cccc2ccc(C)cc21. The molecule has 0 spiro atoms. The average molecular weight is 174 g/mol. The van der Waals surface area contributed by atoms with Crippen LogP contribution >= 0.6 is 0 Å². The molecule has 0 atom stereocenters. The van der Waals surface area contributed by atoms with Crippen molar-refractivity contribution in [2.75, 3.05) is 7.11 Å². The minimum absolute atomic E-state index is 1.10. The summed E-state index contributed by atoms with van der Waals surface area (Å²) in [5.74, 6) is 0. The van der Waals surface area contributed by atoms with Crippen molar-refractivity contribution in [2.24, 2.45) is 0 Å². The number of nitrogens with zero attached hydrogens (tertiary/aromatic N) is 1. The Bertz CT molecular complexity index is 437. The first-order valence-electron chi connectivity index (χ1n) is 4.27. The van der Waals surface area contributed by atoms with E-state index in [1.165, 1.54) is 10.9 Å². The molecule has 66 valence electrons. The predicted octanol–water partition coefficient (Wildman–Crippen LogP) is 1.49. The van der Waals surface area contributed by atoms with Crippen molar-refractivity contribution >= 4 is 10.9 Å². The van der Waals surface area contributed by atoms with Gasteiger partial charge in [0.2, 0.25) is 6.20 Å². The Labute approximate surface area is 77.3 Å². The Kier molecular flexibility index (Phi) is 1.89. The van der Waals surface area contributed by atoms with E-state index in [0.717, 1.165) is 5.52 Å². The van der Waals surface area contributed by atoms with Gasteiger partial charge in [-0.05, 0) is 24.6 Å². The molecule has 0 radical (unpaired) electrons. The summed E-state index contributed by atoms with van der Waals surface area (Å²) < 4.78 is 1.77. The summed E-state index contributed by atoms with van der Waals surface area (Å²) in [7, 11) is 1.67. The molecule has 0 bridgehead atoms. The van der Waals surface area contributed by atoms with Crippen LogP contribution in [0.15, 0.2) is 36.5 Å². The lowest BCUT2D eigenvalue weighted by atomic mass is 10.1. The van der Waals surface area contributed by atoms with Crippen molar-refractivity contribution in [1.82, 2.24) is 0 Å². The quantitative estimate of drug-likeness (QED) is 0.597. The fraction of sp³-hybridized carbons (Fsp3) is 0.182. The number of hydrogen-bond donors (Lipinski definition) is 0. The molecule has 0 aliphatic carbocycles. The van der Waals surface area contributed by atoms with Gasteiger partial charge in [0.1, 0.15) is 7.11 Å². The van der Waals surface area contributed by atoms with Crippen LogP contribution in [0.4, 0.5) is 0 Å². The Morgan fingerprint density at radius 3 is 2.85 bits per heavy atom. The van der Waals surface area contributed by atoms with E-state index in [4.69, 9.17) is 4.84 Å². The summed E-state index contributed by atoms with van der Waals surface area (Å²) in [6.45, 7) is 2.08. The van der Waals surface area contributed by atoms with Crippen LogP contribution in [0.2, 0.25) is 0 Å². The minimum atomic E-state index is 1.10. The van der Waals surface area contributed by atoms with E-state index >= 15 is 0 Å². The second-order valence-electron chi connectivity index (χ2n) is 3.08. The number of aryl methyl sites for hydroxylation is 1. The molecule has 2 aromatic rings. The second-order valence-corrected chi connectivity index (χ2v) is 3.08. The van der Waals surface area contributed by atoms with Crippen LogP contribution in [0.25, 0.3) is 10.9 Å². The van der Waals surface area contributed by atoms with Gasteiger partial charge in [-0.1, -0.05) is 6.07 Å². The van der Waals surface area contributed by atoms with Gasteiger partial charge in [-0.15, -0.1) is 0 Å². The Morgan fingerprint density at radius 2 is 2.08 bits per heavy atom. The predicted molar refractivity (Wildman–Crippen MR) is 51.4 cm³/mol. The summed E-state index contributed by atoms with van der Waals surface area (Å²) >= 11 is 0. The standard InChI is InChI=1S/C11H12NO/c1-9-5-6-10-4-3-7-12(13-2)11(10)8-9/h3-8H,1-2H3/q+1. The van der Waals surface area contributed by atoms with Gasteiger partial charge < -0.3 is 0 Å². The second kappa shape index (κ2) is 3.05. The molecule has 0 amide bonds. The van der Waals surface area contributed by atoms with E-state index in [1.54, 1.807) is 11.8 Å². The van der Waals surface area contributed by atoms with Gasteiger partial charge in [0.25, 0.3) is 5.52 Å². The number of rotatable bonds is 1. The molecule has 1 aromatic carbocycles. The zero-order valence-electron chi connectivity index (χ0n) is 7.82. The number of hydrogen-bond acceptors (Lipinski definition) is 1. The van der Waals surface area contributed by atoms with Crippen LogP contribution in [0.1, 0.15) is 5.56 Å². The Hall–Kier alpha value is -1.57. The first kappa shape index (κ1) is 8.05. The molecular formula is C11H12NO+. The fourth-order valence-corrected chi connectivity index (χ4v) is 1.45. The highest BCUT2D eigenvalue weighted by Gasteiger charge is 2.07. The molecule has 13 heavy (non-hydrogen) atoms. The summed E-state index contributed by atoms with van der Waals surface area (Å²) in [6, 6.07) is 10.4. The van der Waals surface area contributed by atoms with Gasteiger partial charge in [0.05, 0.1) is 5.39 Å². The summed E-state index contributed by atoms with van der Waals surface area (Å²) in [5.41, 5.74) is 2.34. The van der Waals surface area contributed by atoms with Crippen LogP contribution in [-0.2, 0) is 0 Å². The zero-order valence-corrected chi connectivity index (χ0v) is 7.82. The Morgan fingerprint density at radius 1 is 1.23 bits per heavy atom. The third-order valence-electron chi connectivity index (χ3n) is 2.12. The fourth-order valence-electron chi connectivity index (χ4n) is 1.45. The molecule has 2 nitrogen and oxygen atoms in total. The van der Waals surface area contributed by atoms with E-state index in [-0.39, 0.29) is 0 Å². The van der Waals surface area contributed by atoms with Crippen LogP contribution in [0.3, 0.4) is 0 Å². The van der Waals surface area contributed by atoms with Crippen molar-refractivity contribution in [3.63, 3.8) is 0 Å². The molecule has 0 aliphatic heterocycles. The lowest BCUT2D eigenvalue weighted by Crippen LogP contribution is -2.40. The molecule has 2 heteroatoms. The summed E-state index contributed by atoms with van der Waals surface area (Å²) in [4.78, 5) is 5.20. The molecule has 1 aromatic heterocycles. The van der Waals surface area contributed by atoms with Gasteiger partial charge >= 0.3 is 0 Å². The number of benzene rings is 1. The summed E-state index contributed by atoms with van der Waals surface area (Å²) in [6.07, 6.45) is 1.90. The lowest BCUT2D eigenvalue weighted by molar-refractivity contribution is -0.865. The van der Waals surface area contributed by atoms with Crippen molar-refractivity contribution in [2.45, 2.75) is 6.92 Å².